The van der Waals surface area contributed by atoms with Crippen LogP contribution < -0.4 is 10.1 Å². The molecule has 23 heavy (non-hydrogen) atoms. The molecule has 1 atom stereocenters. The van der Waals surface area contributed by atoms with E-state index in [2.05, 4.69) is 27.9 Å². The number of carbonyl (C=O) groups is 1. The van der Waals surface area contributed by atoms with Crippen LogP contribution >= 0.6 is 22.6 Å². The number of hydrogen-bond donors (Lipinski definition) is 1. The molecule has 0 bridgehead atoms. The SMILES string of the molecule is O=C(Nc1ccccc1OCC1CCCO1)c1cccc(I)c1. The van der Waals surface area contributed by atoms with E-state index >= 15 is 0 Å². The minimum absolute atomic E-state index is 0.142. The van der Waals surface area contributed by atoms with E-state index < -0.39 is 0 Å². The summed E-state index contributed by atoms with van der Waals surface area (Å²) in [6.07, 6.45) is 2.25. The Labute approximate surface area is 149 Å². The van der Waals surface area contributed by atoms with Crippen molar-refractivity contribution < 1.29 is 14.3 Å². The smallest absolute Gasteiger partial charge is 0.255 e. The van der Waals surface area contributed by atoms with Gasteiger partial charge in [0.15, 0.2) is 0 Å². The summed E-state index contributed by atoms with van der Waals surface area (Å²) in [5.41, 5.74) is 1.31. The fraction of sp³-hybridized carbons (Fsp3) is 0.278. The summed E-state index contributed by atoms with van der Waals surface area (Å²) in [6, 6.07) is 15.0. The molecule has 0 radical (unpaired) electrons. The number of rotatable bonds is 5. The number of nitrogens with one attached hydrogen (secondary N) is 1. The van der Waals surface area contributed by atoms with Crippen LogP contribution in [-0.2, 0) is 4.74 Å². The molecule has 0 saturated carbocycles. The zero-order chi connectivity index (χ0) is 16.1. The monoisotopic (exact) mass is 423 g/mol. The molecule has 1 heterocycles. The maximum Gasteiger partial charge on any atom is 0.255 e. The minimum Gasteiger partial charge on any atom is -0.489 e. The maximum absolute atomic E-state index is 12.4. The van der Waals surface area contributed by atoms with E-state index in [4.69, 9.17) is 9.47 Å². The molecule has 1 unspecified atom stereocenters. The first-order chi connectivity index (χ1) is 11.2. The van der Waals surface area contributed by atoms with E-state index in [0.29, 0.717) is 23.6 Å². The number of anilines is 1. The van der Waals surface area contributed by atoms with Gasteiger partial charge in [0.05, 0.1) is 11.8 Å². The topological polar surface area (TPSA) is 47.6 Å². The lowest BCUT2D eigenvalue weighted by molar-refractivity contribution is 0.0682. The van der Waals surface area contributed by atoms with Gasteiger partial charge >= 0.3 is 0 Å². The van der Waals surface area contributed by atoms with Gasteiger partial charge in [-0.2, -0.15) is 0 Å². The summed E-state index contributed by atoms with van der Waals surface area (Å²) >= 11 is 2.19. The van der Waals surface area contributed by atoms with Crippen molar-refractivity contribution in [3.05, 3.63) is 57.7 Å². The lowest BCUT2D eigenvalue weighted by Crippen LogP contribution is -2.18. The molecule has 1 amide bonds. The molecule has 5 heteroatoms. The number of benzene rings is 2. The molecule has 1 fully saturated rings. The Morgan fingerprint density at radius 3 is 2.91 bits per heavy atom. The van der Waals surface area contributed by atoms with Crippen LogP contribution in [0.4, 0.5) is 5.69 Å². The molecule has 2 aromatic carbocycles. The van der Waals surface area contributed by atoms with Crippen molar-refractivity contribution in [1.29, 1.82) is 0 Å². The van der Waals surface area contributed by atoms with Crippen molar-refractivity contribution in [1.82, 2.24) is 0 Å². The van der Waals surface area contributed by atoms with Crippen molar-refractivity contribution in [2.45, 2.75) is 18.9 Å². The number of amides is 1. The molecule has 0 aromatic heterocycles. The summed E-state index contributed by atoms with van der Waals surface area (Å²) in [4.78, 5) is 12.4. The van der Waals surface area contributed by atoms with Gasteiger partial charge in [-0.3, -0.25) is 4.79 Å². The second kappa shape index (κ2) is 7.79. The summed E-state index contributed by atoms with van der Waals surface area (Å²) in [5.74, 6) is 0.527. The van der Waals surface area contributed by atoms with E-state index in [1.54, 1.807) is 6.07 Å². The van der Waals surface area contributed by atoms with Crippen molar-refractivity contribution in [3.8, 4) is 5.75 Å². The number of halogens is 1. The van der Waals surface area contributed by atoms with Gasteiger partial charge in [0, 0.05) is 15.7 Å². The molecule has 3 rings (SSSR count). The molecular weight excluding hydrogens is 405 g/mol. The molecule has 1 N–H and O–H groups in total. The van der Waals surface area contributed by atoms with Crippen LogP contribution in [0.25, 0.3) is 0 Å². The summed E-state index contributed by atoms with van der Waals surface area (Å²) in [6.45, 7) is 1.31. The number of ether oxygens (including phenoxy) is 2. The molecular formula is C18H18INO3. The Kier molecular flexibility index (Phi) is 5.51. The highest BCUT2D eigenvalue weighted by Gasteiger charge is 2.17. The van der Waals surface area contributed by atoms with Crippen LogP contribution in [-0.4, -0.2) is 25.2 Å². The quantitative estimate of drug-likeness (QED) is 0.737. The fourth-order valence-corrected chi connectivity index (χ4v) is 3.02. The van der Waals surface area contributed by atoms with Crippen LogP contribution in [0.1, 0.15) is 23.2 Å². The number of carbonyl (C=O) groups excluding carboxylic acids is 1. The third kappa shape index (κ3) is 4.45. The van der Waals surface area contributed by atoms with Crippen molar-refractivity contribution in [2.75, 3.05) is 18.5 Å². The van der Waals surface area contributed by atoms with E-state index in [-0.39, 0.29) is 12.0 Å². The van der Waals surface area contributed by atoms with E-state index in [1.165, 1.54) is 0 Å². The number of hydrogen-bond acceptors (Lipinski definition) is 3. The predicted octanol–water partition coefficient (Wildman–Crippen LogP) is 4.10. The Hall–Kier alpha value is -1.60. The first kappa shape index (κ1) is 16.3. The second-order valence-electron chi connectivity index (χ2n) is 5.41. The highest BCUT2D eigenvalue weighted by atomic mass is 127. The van der Waals surface area contributed by atoms with Gasteiger partial charge in [-0.25, -0.2) is 0 Å². The Balaban J connectivity index is 1.68. The summed E-state index contributed by atoms with van der Waals surface area (Å²) in [5, 5.41) is 2.92. The van der Waals surface area contributed by atoms with Crippen LogP contribution in [0, 0.1) is 3.57 Å². The third-order valence-corrected chi connectivity index (χ3v) is 4.34. The highest BCUT2D eigenvalue weighted by Crippen LogP contribution is 2.25. The van der Waals surface area contributed by atoms with E-state index in [0.717, 1.165) is 23.0 Å². The van der Waals surface area contributed by atoms with Crippen LogP contribution in [0.15, 0.2) is 48.5 Å². The first-order valence-corrected chi connectivity index (χ1v) is 8.70. The lowest BCUT2D eigenvalue weighted by Gasteiger charge is -2.15. The molecule has 1 saturated heterocycles. The average molecular weight is 423 g/mol. The molecule has 120 valence electrons. The van der Waals surface area contributed by atoms with Gasteiger partial charge in [-0.05, 0) is 65.8 Å². The Morgan fingerprint density at radius 2 is 2.13 bits per heavy atom. The van der Waals surface area contributed by atoms with Gasteiger partial charge in [0.25, 0.3) is 5.91 Å². The fourth-order valence-electron chi connectivity index (χ4n) is 2.48. The Bertz CT molecular complexity index is 683. The van der Waals surface area contributed by atoms with Gasteiger partial charge in [0.2, 0.25) is 0 Å². The van der Waals surface area contributed by atoms with Crippen molar-refractivity contribution in [3.63, 3.8) is 0 Å². The Morgan fingerprint density at radius 1 is 1.26 bits per heavy atom. The maximum atomic E-state index is 12.4. The highest BCUT2D eigenvalue weighted by molar-refractivity contribution is 14.1. The lowest BCUT2D eigenvalue weighted by atomic mass is 10.2. The van der Waals surface area contributed by atoms with Crippen LogP contribution in [0.2, 0.25) is 0 Å². The minimum atomic E-state index is -0.142. The average Bonchev–Trinajstić information content (AvgIpc) is 3.07. The second-order valence-corrected chi connectivity index (χ2v) is 6.65. The largest absolute Gasteiger partial charge is 0.489 e. The van der Waals surface area contributed by atoms with E-state index in [1.807, 2.05) is 42.5 Å². The van der Waals surface area contributed by atoms with E-state index in [9.17, 15) is 4.79 Å². The van der Waals surface area contributed by atoms with Crippen molar-refractivity contribution in [2.24, 2.45) is 0 Å². The standard InChI is InChI=1S/C18H18INO3/c19-14-6-3-5-13(11-14)18(21)20-16-8-1-2-9-17(16)23-12-15-7-4-10-22-15/h1-3,5-6,8-9,11,15H,4,7,10,12H2,(H,20,21). The van der Waals surface area contributed by atoms with Crippen LogP contribution in [0.5, 0.6) is 5.75 Å². The zero-order valence-corrected chi connectivity index (χ0v) is 14.8. The normalized spacial score (nSPS) is 17.0. The molecule has 1 aliphatic heterocycles. The van der Waals surface area contributed by atoms with Crippen molar-refractivity contribution >= 4 is 34.2 Å². The first-order valence-electron chi connectivity index (χ1n) is 7.63. The zero-order valence-electron chi connectivity index (χ0n) is 12.6. The molecule has 0 aliphatic carbocycles. The van der Waals surface area contributed by atoms with Gasteiger partial charge in [-0.15, -0.1) is 0 Å². The third-order valence-electron chi connectivity index (χ3n) is 3.67. The molecule has 0 spiro atoms. The van der Waals surface area contributed by atoms with Crippen LogP contribution in [0.3, 0.4) is 0 Å². The molecule has 4 nitrogen and oxygen atoms in total. The molecule has 2 aromatic rings. The number of para-hydroxylation sites is 2. The van der Waals surface area contributed by atoms with Gasteiger partial charge in [0.1, 0.15) is 12.4 Å². The summed E-state index contributed by atoms with van der Waals surface area (Å²) in [7, 11) is 0. The summed E-state index contributed by atoms with van der Waals surface area (Å²) < 4.78 is 12.4. The molecule has 1 aliphatic rings. The van der Waals surface area contributed by atoms with Gasteiger partial charge < -0.3 is 14.8 Å². The predicted molar refractivity (Wildman–Crippen MR) is 98.0 cm³/mol. The van der Waals surface area contributed by atoms with Gasteiger partial charge in [-0.1, -0.05) is 18.2 Å².